The van der Waals surface area contributed by atoms with E-state index in [2.05, 4.69) is 0 Å². The van der Waals surface area contributed by atoms with E-state index in [4.69, 9.17) is 16.7 Å². The first-order valence-electron chi connectivity index (χ1n) is 5.96. The van der Waals surface area contributed by atoms with Gasteiger partial charge in [0.2, 0.25) is 0 Å². The van der Waals surface area contributed by atoms with Crippen LogP contribution in [0.1, 0.15) is 0 Å². The fourth-order valence-electron chi connectivity index (χ4n) is 1.77. The zero-order valence-corrected chi connectivity index (χ0v) is 12.4. The molecule has 110 valence electrons. The van der Waals surface area contributed by atoms with E-state index >= 15 is 0 Å². The second kappa shape index (κ2) is 6.15. The van der Waals surface area contributed by atoms with Gasteiger partial charge in [0.25, 0.3) is 10.0 Å². The van der Waals surface area contributed by atoms with Gasteiger partial charge >= 0.3 is 5.97 Å². The quantitative estimate of drug-likeness (QED) is 0.917. The lowest BCUT2D eigenvalue weighted by molar-refractivity contribution is -0.135. The Balaban J connectivity index is 2.49. The molecule has 7 heteroatoms. The zero-order valence-electron chi connectivity index (χ0n) is 10.8. The normalized spacial score (nSPS) is 11.1. The topological polar surface area (TPSA) is 74.7 Å². The highest BCUT2D eigenvalue weighted by atomic mass is 35.5. The van der Waals surface area contributed by atoms with Crippen molar-refractivity contribution in [2.24, 2.45) is 0 Å². The van der Waals surface area contributed by atoms with Crippen LogP contribution in [-0.4, -0.2) is 26.0 Å². The molecule has 0 fully saturated rings. The van der Waals surface area contributed by atoms with Gasteiger partial charge < -0.3 is 5.11 Å². The minimum Gasteiger partial charge on any atom is -0.480 e. The number of sulfonamides is 1. The molecule has 0 aliphatic carbocycles. The Labute approximate surface area is 127 Å². The van der Waals surface area contributed by atoms with E-state index in [1.807, 2.05) is 0 Å². The lowest BCUT2D eigenvalue weighted by Crippen LogP contribution is -2.35. The second-order valence-corrected chi connectivity index (χ2v) is 6.49. The van der Waals surface area contributed by atoms with Crippen LogP contribution in [0.2, 0.25) is 5.02 Å². The molecule has 0 bridgehead atoms. The van der Waals surface area contributed by atoms with Crippen molar-refractivity contribution in [2.45, 2.75) is 4.90 Å². The molecule has 2 rings (SSSR count). The first-order valence-corrected chi connectivity index (χ1v) is 7.78. The summed E-state index contributed by atoms with van der Waals surface area (Å²) < 4.78 is 26.0. The summed E-state index contributed by atoms with van der Waals surface area (Å²) in [7, 11) is -3.97. The van der Waals surface area contributed by atoms with Gasteiger partial charge in [0.15, 0.2) is 0 Å². The third-order valence-corrected chi connectivity index (χ3v) is 4.76. The monoisotopic (exact) mass is 325 g/mol. The maximum atomic E-state index is 12.6. The zero-order chi connectivity index (χ0) is 15.5. The highest BCUT2D eigenvalue weighted by molar-refractivity contribution is 7.92. The third-order valence-electron chi connectivity index (χ3n) is 2.72. The van der Waals surface area contributed by atoms with E-state index in [9.17, 15) is 13.2 Å². The summed E-state index contributed by atoms with van der Waals surface area (Å²) in [5.74, 6) is -1.24. The van der Waals surface area contributed by atoms with Gasteiger partial charge in [-0.1, -0.05) is 29.8 Å². The standard InChI is InChI=1S/C14H12ClNO4S/c15-11-6-8-13(9-7-11)21(19,20)16(10-14(17)18)12-4-2-1-3-5-12/h1-9H,10H2,(H,17,18). The van der Waals surface area contributed by atoms with Crippen LogP contribution >= 0.6 is 11.6 Å². The summed E-state index contributed by atoms with van der Waals surface area (Å²) in [6.45, 7) is -0.658. The minimum atomic E-state index is -3.97. The summed E-state index contributed by atoms with van der Waals surface area (Å²) in [5.41, 5.74) is 0.287. The average molecular weight is 326 g/mol. The molecule has 0 radical (unpaired) electrons. The summed E-state index contributed by atoms with van der Waals surface area (Å²) in [6, 6.07) is 13.6. The molecule has 1 N–H and O–H groups in total. The lowest BCUT2D eigenvalue weighted by atomic mass is 10.3. The number of hydrogen-bond donors (Lipinski definition) is 1. The number of carboxylic acids is 1. The number of anilines is 1. The van der Waals surface area contributed by atoms with E-state index in [0.29, 0.717) is 5.02 Å². The maximum absolute atomic E-state index is 12.6. The molecule has 2 aromatic carbocycles. The molecule has 0 heterocycles. The van der Waals surface area contributed by atoms with E-state index in [1.165, 1.54) is 36.4 Å². The van der Waals surface area contributed by atoms with Crippen LogP contribution < -0.4 is 4.31 Å². The van der Waals surface area contributed by atoms with Crippen LogP contribution in [0.4, 0.5) is 5.69 Å². The Hall–Kier alpha value is -2.05. The second-order valence-electron chi connectivity index (χ2n) is 4.19. The van der Waals surface area contributed by atoms with Crippen molar-refractivity contribution in [2.75, 3.05) is 10.8 Å². The van der Waals surface area contributed by atoms with E-state index < -0.39 is 22.5 Å². The SMILES string of the molecule is O=C(O)CN(c1ccccc1)S(=O)(=O)c1ccc(Cl)cc1. The number of hydrogen-bond acceptors (Lipinski definition) is 3. The molecule has 2 aromatic rings. The highest BCUT2D eigenvalue weighted by Gasteiger charge is 2.26. The third kappa shape index (κ3) is 3.53. The number of rotatable bonds is 5. The summed E-state index contributed by atoms with van der Waals surface area (Å²) in [5, 5.41) is 9.37. The van der Waals surface area contributed by atoms with Gasteiger partial charge in [0.05, 0.1) is 10.6 Å². The van der Waals surface area contributed by atoms with Crippen LogP contribution in [0.15, 0.2) is 59.5 Å². The van der Waals surface area contributed by atoms with Crippen LogP contribution in [0.25, 0.3) is 0 Å². The van der Waals surface area contributed by atoms with Crippen LogP contribution in [0, 0.1) is 0 Å². The van der Waals surface area contributed by atoms with Crippen LogP contribution in [0.5, 0.6) is 0 Å². The van der Waals surface area contributed by atoms with Crippen LogP contribution in [0.3, 0.4) is 0 Å². The van der Waals surface area contributed by atoms with Crippen molar-refractivity contribution in [1.29, 1.82) is 0 Å². The first kappa shape index (κ1) is 15.3. The van der Waals surface area contributed by atoms with E-state index in [-0.39, 0.29) is 10.6 Å². The Morgan fingerprint density at radius 2 is 1.62 bits per heavy atom. The van der Waals surface area contributed by atoms with Crippen molar-refractivity contribution in [3.05, 3.63) is 59.6 Å². The Kier molecular flexibility index (Phi) is 4.50. The van der Waals surface area contributed by atoms with Crippen LogP contribution in [-0.2, 0) is 14.8 Å². The fraction of sp³-hybridized carbons (Fsp3) is 0.0714. The number of benzene rings is 2. The van der Waals surface area contributed by atoms with Gasteiger partial charge in [-0.05, 0) is 36.4 Å². The van der Waals surface area contributed by atoms with Crippen molar-refractivity contribution in [1.82, 2.24) is 0 Å². The molecule has 0 unspecified atom stereocenters. The molecule has 0 spiro atoms. The molecule has 0 saturated heterocycles. The van der Waals surface area contributed by atoms with Crippen molar-refractivity contribution in [3.63, 3.8) is 0 Å². The van der Waals surface area contributed by atoms with Crippen molar-refractivity contribution < 1.29 is 18.3 Å². The molecule has 0 saturated carbocycles. The summed E-state index contributed by atoms with van der Waals surface area (Å²) in [6.07, 6.45) is 0. The lowest BCUT2D eigenvalue weighted by Gasteiger charge is -2.22. The highest BCUT2D eigenvalue weighted by Crippen LogP contribution is 2.24. The maximum Gasteiger partial charge on any atom is 0.324 e. The molecule has 5 nitrogen and oxygen atoms in total. The average Bonchev–Trinajstić information content (AvgIpc) is 2.46. The predicted molar refractivity (Wildman–Crippen MR) is 80.1 cm³/mol. The molecule has 0 amide bonds. The largest absolute Gasteiger partial charge is 0.480 e. The minimum absolute atomic E-state index is 0.0167. The molecule has 0 aromatic heterocycles. The van der Waals surface area contributed by atoms with Gasteiger partial charge in [-0.2, -0.15) is 0 Å². The molecular formula is C14H12ClNO4S. The number of aliphatic carboxylic acids is 1. The predicted octanol–water partition coefficient (Wildman–Crippen LogP) is 2.62. The summed E-state index contributed by atoms with van der Waals surface area (Å²) in [4.78, 5) is 11.0. The fourth-order valence-corrected chi connectivity index (χ4v) is 3.31. The first-order chi connectivity index (χ1) is 9.91. The van der Waals surface area contributed by atoms with E-state index in [0.717, 1.165) is 4.31 Å². The summed E-state index contributed by atoms with van der Waals surface area (Å²) >= 11 is 5.74. The van der Waals surface area contributed by atoms with E-state index in [1.54, 1.807) is 18.2 Å². The van der Waals surface area contributed by atoms with Gasteiger partial charge in [0.1, 0.15) is 6.54 Å². The Morgan fingerprint density at radius 3 is 2.14 bits per heavy atom. The number of halogens is 1. The Bertz CT molecular complexity index is 729. The number of nitrogens with zero attached hydrogens (tertiary/aromatic N) is 1. The molecule has 0 atom stereocenters. The molecule has 21 heavy (non-hydrogen) atoms. The number of para-hydroxylation sites is 1. The molecular weight excluding hydrogens is 314 g/mol. The van der Waals surface area contributed by atoms with Crippen molar-refractivity contribution in [3.8, 4) is 0 Å². The molecule has 0 aliphatic heterocycles. The van der Waals surface area contributed by atoms with Gasteiger partial charge in [0, 0.05) is 5.02 Å². The number of carbonyl (C=O) groups is 1. The van der Waals surface area contributed by atoms with Gasteiger partial charge in [-0.15, -0.1) is 0 Å². The van der Waals surface area contributed by atoms with Gasteiger partial charge in [-0.25, -0.2) is 8.42 Å². The van der Waals surface area contributed by atoms with Gasteiger partial charge in [-0.3, -0.25) is 9.10 Å². The smallest absolute Gasteiger partial charge is 0.324 e. The molecule has 0 aliphatic rings. The van der Waals surface area contributed by atoms with Crippen molar-refractivity contribution >= 4 is 33.3 Å². The Morgan fingerprint density at radius 1 is 1.05 bits per heavy atom. The number of carboxylic acid groups (broad SMARTS) is 1.